The van der Waals surface area contributed by atoms with E-state index in [1.807, 2.05) is 25.2 Å². The molecular weight excluding hydrogens is 336 g/mol. The van der Waals surface area contributed by atoms with E-state index in [1.54, 1.807) is 0 Å². The van der Waals surface area contributed by atoms with Crippen LogP contribution in [0.5, 0.6) is 0 Å². The average molecular weight is 371 g/mol. The fraction of sp³-hybridized carbons (Fsp3) is 0.652. The van der Waals surface area contributed by atoms with E-state index in [9.17, 15) is 4.79 Å². The highest BCUT2D eigenvalue weighted by atomic mass is 16.5. The topological polar surface area (TPSA) is 42.4 Å². The summed E-state index contributed by atoms with van der Waals surface area (Å²) in [6, 6.07) is 0. The molecule has 0 saturated heterocycles. The van der Waals surface area contributed by atoms with Gasteiger partial charge in [-0.3, -0.25) is 4.79 Å². The summed E-state index contributed by atoms with van der Waals surface area (Å²) in [4.78, 5) is 19.9. The zero-order chi connectivity index (χ0) is 19.6. The standard InChI is InChI=1S/C23H34N2O2/c1-23(2,3)27-14-8-10-17-18-9-6-7-11-20(18)24-21-19(17)13-12-16(22(21)26)15-25(4)5/h15H,6-14H2,1-5H3/b16-15+. The van der Waals surface area contributed by atoms with Crippen LogP contribution in [0.4, 0.5) is 0 Å². The number of hydrogen-bond donors (Lipinski definition) is 0. The zero-order valence-electron chi connectivity index (χ0n) is 17.7. The highest BCUT2D eigenvalue weighted by Crippen LogP contribution is 2.34. The lowest BCUT2D eigenvalue weighted by atomic mass is 9.81. The third-order valence-electron chi connectivity index (χ3n) is 5.37. The Morgan fingerprint density at radius 1 is 1.07 bits per heavy atom. The number of hydrogen-bond acceptors (Lipinski definition) is 4. The molecule has 0 saturated carbocycles. The van der Waals surface area contributed by atoms with Gasteiger partial charge in [-0.25, -0.2) is 4.98 Å². The number of allylic oxidation sites excluding steroid dienone is 1. The smallest absolute Gasteiger partial charge is 0.209 e. The van der Waals surface area contributed by atoms with Gasteiger partial charge in [0.05, 0.1) is 5.60 Å². The molecule has 3 rings (SSSR count). The number of Topliss-reactive ketones (excluding diaryl/α,β-unsaturated/α-hetero) is 1. The Bertz CT molecular complexity index is 742. The molecule has 2 aliphatic carbocycles. The first kappa shape index (κ1) is 20.1. The summed E-state index contributed by atoms with van der Waals surface area (Å²) >= 11 is 0. The number of carbonyl (C=O) groups excluding carboxylic acids is 1. The Morgan fingerprint density at radius 2 is 1.81 bits per heavy atom. The van der Waals surface area contributed by atoms with E-state index >= 15 is 0 Å². The summed E-state index contributed by atoms with van der Waals surface area (Å²) in [5, 5.41) is 0. The van der Waals surface area contributed by atoms with Crippen molar-refractivity contribution in [3.63, 3.8) is 0 Å². The van der Waals surface area contributed by atoms with Crippen LogP contribution >= 0.6 is 0 Å². The van der Waals surface area contributed by atoms with Crippen LogP contribution in [0.1, 0.15) is 79.3 Å². The molecule has 0 atom stereocenters. The molecule has 0 bridgehead atoms. The van der Waals surface area contributed by atoms with Gasteiger partial charge in [0.25, 0.3) is 0 Å². The van der Waals surface area contributed by atoms with Gasteiger partial charge in [0.1, 0.15) is 5.69 Å². The largest absolute Gasteiger partial charge is 0.383 e. The van der Waals surface area contributed by atoms with E-state index in [1.165, 1.54) is 35.2 Å². The summed E-state index contributed by atoms with van der Waals surface area (Å²) in [6.45, 7) is 7.05. The van der Waals surface area contributed by atoms with E-state index in [0.29, 0.717) is 0 Å². The molecule has 0 fully saturated rings. The van der Waals surface area contributed by atoms with Gasteiger partial charge in [0, 0.05) is 38.2 Å². The molecule has 2 aliphatic rings. The van der Waals surface area contributed by atoms with Crippen molar-refractivity contribution >= 4 is 5.78 Å². The predicted molar refractivity (Wildman–Crippen MR) is 109 cm³/mol. The summed E-state index contributed by atoms with van der Waals surface area (Å²) in [5.74, 6) is 0.130. The van der Waals surface area contributed by atoms with Crippen LogP contribution in [0.25, 0.3) is 0 Å². The number of aromatic nitrogens is 1. The average Bonchev–Trinajstić information content (AvgIpc) is 2.59. The maximum atomic E-state index is 13.1. The van der Waals surface area contributed by atoms with Crippen LogP contribution in [0, 0.1) is 0 Å². The fourth-order valence-corrected chi connectivity index (χ4v) is 4.21. The van der Waals surface area contributed by atoms with Gasteiger partial charge in [-0.05, 0) is 88.8 Å². The first-order valence-corrected chi connectivity index (χ1v) is 10.4. The van der Waals surface area contributed by atoms with Crippen LogP contribution in [-0.4, -0.2) is 42.0 Å². The van der Waals surface area contributed by atoms with E-state index in [0.717, 1.165) is 56.4 Å². The number of pyridine rings is 1. The molecule has 0 spiro atoms. The first-order chi connectivity index (χ1) is 12.8. The second-order valence-corrected chi connectivity index (χ2v) is 9.06. The van der Waals surface area contributed by atoms with Crippen LogP contribution in [0.2, 0.25) is 0 Å². The van der Waals surface area contributed by atoms with Crippen LogP contribution < -0.4 is 0 Å². The number of nitrogens with zero attached hydrogens (tertiary/aromatic N) is 2. The van der Waals surface area contributed by atoms with Crippen LogP contribution in [0.15, 0.2) is 11.8 Å². The molecule has 1 aromatic rings. The van der Waals surface area contributed by atoms with Gasteiger partial charge < -0.3 is 9.64 Å². The molecule has 0 amide bonds. The number of ether oxygens (including phenoxy) is 1. The van der Waals surface area contributed by atoms with E-state index in [-0.39, 0.29) is 11.4 Å². The summed E-state index contributed by atoms with van der Waals surface area (Å²) < 4.78 is 5.92. The molecule has 0 aromatic carbocycles. The summed E-state index contributed by atoms with van der Waals surface area (Å²) in [6.07, 6.45) is 10.2. The Balaban J connectivity index is 1.91. The second-order valence-electron chi connectivity index (χ2n) is 9.06. The number of ketones is 1. The maximum Gasteiger partial charge on any atom is 0.209 e. The molecule has 0 aliphatic heterocycles. The minimum atomic E-state index is -0.0983. The van der Waals surface area contributed by atoms with Crippen molar-refractivity contribution in [2.75, 3.05) is 20.7 Å². The number of fused-ring (bicyclic) bond motifs is 2. The molecule has 148 valence electrons. The molecular formula is C23H34N2O2. The molecule has 1 aromatic heterocycles. The fourth-order valence-electron chi connectivity index (χ4n) is 4.21. The molecule has 4 heteroatoms. The third kappa shape index (κ3) is 4.78. The molecule has 0 N–H and O–H groups in total. The van der Waals surface area contributed by atoms with Crippen molar-refractivity contribution in [1.29, 1.82) is 0 Å². The van der Waals surface area contributed by atoms with E-state index < -0.39 is 0 Å². The minimum absolute atomic E-state index is 0.0983. The molecule has 0 radical (unpaired) electrons. The van der Waals surface area contributed by atoms with Gasteiger partial charge in [0.15, 0.2) is 0 Å². The van der Waals surface area contributed by atoms with Gasteiger partial charge in [-0.15, -0.1) is 0 Å². The normalized spacial score (nSPS) is 18.4. The molecule has 27 heavy (non-hydrogen) atoms. The number of aryl methyl sites for hydroxylation is 1. The lowest BCUT2D eigenvalue weighted by Crippen LogP contribution is -2.24. The highest BCUT2D eigenvalue weighted by molar-refractivity contribution is 6.09. The lowest BCUT2D eigenvalue weighted by Gasteiger charge is -2.27. The van der Waals surface area contributed by atoms with Gasteiger partial charge in [-0.2, -0.15) is 0 Å². The first-order valence-electron chi connectivity index (χ1n) is 10.4. The minimum Gasteiger partial charge on any atom is -0.383 e. The maximum absolute atomic E-state index is 13.1. The van der Waals surface area contributed by atoms with E-state index in [2.05, 4.69) is 20.8 Å². The Kier molecular flexibility index (Phi) is 6.05. The SMILES string of the molecule is CN(C)/C=C1\CCc2c(nc3c(c2CCCOC(C)(C)C)CCCC3)C1=O. The van der Waals surface area contributed by atoms with Gasteiger partial charge in [0.2, 0.25) is 5.78 Å². The molecule has 0 unspecified atom stereocenters. The highest BCUT2D eigenvalue weighted by Gasteiger charge is 2.29. The van der Waals surface area contributed by atoms with Crippen LogP contribution in [0.3, 0.4) is 0 Å². The Labute approximate surface area is 164 Å². The van der Waals surface area contributed by atoms with Crippen molar-refractivity contribution in [2.45, 2.75) is 77.7 Å². The van der Waals surface area contributed by atoms with Gasteiger partial charge in [-0.1, -0.05) is 0 Å². The Hall–Kier alpha value is -1.68. The van der Waals surface area contributed by atoms with Crippen LogP contribution in [-0.2, 0) is 30.4 Å². The number of rotatable bonds is 5. The molecule has 4 nitrogen and oxygen atoms in total. The monoisotopic (exact) mass is 370 g/mol. The van der Waals surface area contributed by atoms with Crippen molar-refractivity contribution in [3.05, 3.63) is 39.9 Å². The summed E-state index contributed by atoms with van der Waals surface area (Å²) in [5.41, 5.74) is 6.74. The lowest BCUT2D eigenvalue weighted by molar-refractivity contribution is -0.00387. The van der Waals surface area contributed by atoms with Crippen molar-refractivity contribution in [1.82, 2.24) is 9.88 Å². The quantitative estimate of drug-likeness (QED) is 0.573. The van der Waals surface area contributed by atoms with Crippen molar-refractivity contribution in [2.24, 2.45) is 0 Å². The second kappa shape index (κ2) is 8.14. The predicted octanol–water partition coefficient (Wildman–Crippen LogP) is 4.28. The number of carbonyl (C=O) groups is 1. The van der Waals surface area contributed by atoms with Crippen molar-refractivity contribution < 1.29 is 9.53 Å². The molecule has 1 heterocycles. The van der Waals surface area contributed by atoms with Gasteiger partial charge >= 0.3 is 0 Å². The Morgan fingerprint density at radius 3 is 2.52 bits per heavy atom. The van der Waals surface area contributed by atoms with Crippen molar-refractivity contribution in [3.8, 4) is 0 Å². The van der Waals surface area contributed by atoms with E-state index in [4.69, 9.17) is 9.72 Å². The zero-order valence-corrected chi connectivity index (χ0v) is 17.7. The third-order valence-corrected chi connectivity index (χ3v) is 5.37. The summed E-state index contributed by atoms with van der Waals surface area (Å²) in [7, 11) is 3.94.